The van der Waals surface area contributed by atoms with Crippen LogP contribution in [0.2, 0.25) is 0 Å². The van der Waals surface area contributed by atoms with E-state index in [4.69, 9.17) is 0 Å². The van der Waals surface area contributed by atoms with E-state index in [9.17, 15) is 5.11 Å². The zero-order chi connectivity index (χ0) is 13.5. The number of hydrogen-bond acceptors (Lipinski definition) is 3. The quantitative estimate of drug-likeness (QED) is 0.774. The van der Waals surface area contributed by atoms with Gasteiger partial charge in [0.05, 0.1) is 0 Å². The molecule has 3 nitrogen and oxygen atoms in total. The van der Waals surface area contributed by atoms with Crippen LogP contribution in [0.1, 0.15) is 38.2 Å². The van der Waals surface area contributed by atoms with Crippen molar-refractivity contribution in [1.29, 1.82) is 0 Å². The summed E-state index contributed by atoms with van der Waals surface area (Å²) in [5.74, 6) is 0.389. The Morgan fingerprint density at radius 3 is 2.95 bits per heavy atom. The molecule has 0 radical (unpaired) electrons. The van der Waals surface area contributed by atoms with Crippen molar-refractivity contribution in [3.05, 3.63) is 29.8 Å². The summed E-state index contributed by atoms with van der Waals surface area (Å²) in [5, 5.41) is 13.1. The summed E-state index contributed by atoms with van der Waals surface area (Å²) in [7, 11) is 0. The van der Waals surface area contributed by atoms with Crippen LogP contribution in [0.5, 0.6) is 5.75 Å². The highest BCUT2D eigenvalue weighted by molar-refractivity contribution is 5.31. The van der Waals surface area contributed by atoms with Gasteiger partial charge in [-0.1, -0.05) is 24.6 Å². The number of para-hydroxylation sites is 1. The van der Waals surface area contributed by atoms with Crippen molar-refractivity contribution in [3.63, 3.8) is 0 Å². The number of nitrogens with zero attached hydrogens (tertiary/aromatic N) is 1. The fourth-order valence-electron chi connectivity index (χ4n) is 2.78. The molecule has 0 aliphatic carbocycles. The number of hydrogen-bond donors (Lipinski definition) is 2. The minimum atomic E-state index is 0.389. The smallest absolute Gasteiger partial charge is 0.120 e. The second-order valence-corrected chi connectivity index (χ2v) is 5.54. The fraction of sp³-hybridized carbons (Fsp3) is 0.625. The molecule has 3 heteroatoms. The number of nitrogens with one attached hydrogen (secondary N) is 1. The molecule has 0 amide bonds. The minimum absolute atomic E-state index is 0.389. The molecule has 0 spiro atoms. The van der Waals surface area contributed by atoms with Gasteiger partial charge in [-0.2, -0.15) is 0 Å². The number of likely N-dealkylation sites (tertiary alicyclic amines) is 1. The maximum atomic E-state index is 9.66. The van der Waals surface area contributed by atoms with E-state index >= 15 is 0 Å². The van der Waals surface area contributed by atoms with Crippen LogP contribution in [0.4, 0.5) is 0 Å². The lowest BCUT2D eigenvalue weighted by molar-refractivity contribution is 0.159. The highest BCUT2D eigenvalue weighted by Crippen LogP contribution is 2.16. The molecular weight excluding hydrogens is 236 g/mol. The van der Waals surface area contributed by atoms with Crippen molar-refractivity contribution in [3.8, 4) is 5.75 Å². The molecule has 0 saturated carbocycles. The number of benzene rings is 1. The summed E-state index contributed by atoms with van der Waals surface area (Å²) >= 11 is 0. The summed E-state index contributed by atoms with van der Waals surface area (Å²) in [6, 6.07) is 8.29. The lowest BCUT2D eigenvalue weighted by Crippen LogP contribution is -2.38. The average molecular weight is 262 g/mol. The predicted octanol–water partition coefficient (Wildman–Crippen LogP) is 2.75. The van der Waals surface area contributed by atoms with Crippen molar-refractivity contribution in [2.75, 3.05) is 19.6 Å². The Morgan fingerprint density at radius 2 is 2.16 bits per heavy atom. The number of piperidine rings is 1. The SMILES string of the molecule is CC1CCCCN1CCCNCc1ccccc1O. The van der Waals surface area contributed by atoms with Crippen LogP contribution < -0.4 is 5.32 Å². The van der Waals surface area contributed by atoms with Crippen LogP contribution in [-0.4, -0.2) is 35.7 Å². The molecule has 1 atom stereocenters. The molecule has 1 unspecified atom stereocenters. The van der Waals surface area contributed by atoms with E-state index in [0.29, 0.717) is 5.75 Å². The number of phenolic OH excluding ortho intramolecular Hbond substituents is 1. The predicted molar refractivity (Wildman–Crippen MR) is 79.3 cm³/mol. The van der Waals surface area contributed by atoms with Gasteiger partial charge in [-0.3, -0.25) is 0 Å². The third-order valence-electron chi connectivity index (χ3n) is 4.05. The van der Waals surface area contributed by atoms with E-state index in [2.05, 4.69) is 17.1 Å². The van der Waals surface area contributed by atoms with Crippen molar-refractivity contribution in [2.24, 2.45) is 0 Å². The summed E-state index contributed by atoms with van der Waals surface area (Å²) in [6.45, 7) is 6.56. The molecule has 1 fully saturated rings. The molecule has 1 aliphatic rings. The lowest BCUT2D eigenvalue weighted by Gasteiger charge is -2.33. The summed E-state index contributed by atoms with van der Waals surface area (Å²) < 4.78 is 0. The maximum Gasteiger partial charge on any atom is 0.120 e. The van der Waals surface area contributed by atoms with Gasteiger partial charge in [0, 0.05) is 18.2 Å². The zero-order valence-corrected chi connectivity index (χ0v) is 11.9. The summed E-state index contributed by atoms with van der Waals surface area (Å²) in [6.07, 6.45) is 5.28. The molecule has 1 saturated heterocycles. The van der Waals surface area contributed by atoms with E-state index in [0.717, 1.165) is 24.7 Å². The van der Waals surface area contributed by atoms with Gasteiger partial charge in [-0.25, -0.2) is 0 Å². The molecule has 1 heterocycles. The lowest BCUT2D eigenvalue weighted by atomic mass is 10.0. The Kier molecular flexibility index (Phi) is 5.67. The largest absolute Gasteiger partial charge is 0.508 e. The number of phenols is 1. The fourth-order valence-corrected chi connectivity index (χ4v) is 2.78. The molecule has 1 aliphatic heterocycles. The third-order valence-corrected chi connectivity index (χ3v) is 4.05. The van der Waals surface area contributed by atoms with Gasteiger partial charge in [0.15, 0.2) is 0 Å². The first-order chi connectivity index (χ1) is 9.27. The Hall–Kier alpha value is -1.06. The highest BCUT2D eigenvalue weighted by atomic mass is 16.3. The minimum Gasteiger partial charge on any atom is -0.508 e. The first-order valence-electron chi connectivity index (χ1n) is 7.49. The normalized spacial score (nSPS) is 20.6. The molecule has 1 aromatic carbocycles. The van der Waals surface area contributed by atoms with Crippen LogP contribution >= 0.6 is 0 Å². The van der Waals surface area contributed by atoms with Gasteiger partial charge < -0.3 is 15.3 Å². The first kappa shape index (κ1) is 14.4. The van der Waals surface area contributed by atoms with Crippen LogP contribution in [0.25, 0.3) is 0 Å². The Labute approximate surface area is 116 Å². The molecular formula is C16H26N2O. The second-order valence-electron chi connectivity index (χ2n) is 5.54. The van der Waals surface area contributed by atoms with Gasteiger partial charge in [-0.15, -0.1) is 0 Å². The number of aromatic hydroxyl groups is 1. The monoisotopic (exact) mass is 262 g/mol. The molecule has 106 valence electrons. The maximum absolute atomic E-state index is 9.66. The van der Waals surface area contributed by atoms with E-state index < -0.39 is 0 Å². The van der Waals surface area contributed by atoms with E-state index in [1.54, 1.807) is 6.07 Å². The van der Waals surface area contributed by atoms with Gasteiger partial charge in [0.2, 0.25) is 0 Å². The van der Waals surface area contributed by atoms with Gasteiger partial charge in [-0.05, 0) is 51.9 Å². The highest BCUT2D eigenvalue weighted by Gasteiger charge is 2.16. The van der Waals surface area contributed by atoms with Gasteiger partial charge in [0.25, 0.3) is 0 Å². The Balaban J connectivity index is 1.61. The Morgan fingerprint density at radius 1 is 1.32 bits per heavy atom. The van der Waals surface area contributed by atoms with Crippen LogP contribution in [0, 0.1) is 0 Å². The standard InChI is InChI=1S/C16H26N2O/c1-14-7-4-5-11-18(14)12-6-10-17-13-15-8-2-3-9-16(15)19/h2-3,8-9,14,17,19H,4-7,10-13H2,1H3. The first-order valence-corrected chi connectivity index (χ1v) is 7.49. The van der Waals surface area contributed by atoms with Crippen LogP contribution in [-0.2, 0) is 6.54 Å². The molecule has 1 aromatic rings. The summed E-state index contributed by atoms with van der Waals surface area (Å²) in [5.41, 5.74) is 0.980. The van der Waals surface area contributed by atoms with Crippen molar-refractivity contribution in [1.82, 2.24) is 10.2 Å². The second kappa shape index (κ2) is 7.51. The van der Waals surface area contributed by atoms with Crippen molar-refractivity contribution in [2.45, 2.75) is 45.2 Å². The molecule has 2 N–H and O–H groups in total. The topological polar surface area (TPSA) is 35.5 Å². The van der Waals surface area contributed by atoms with Gasteiger partial charge >= 0.3 is 0 Å². The molecule has 2 rings (SSSR count). The molecule has 0 aromatic heterocycles. The van der Waals surface area contributed by atoms with E-state index in [1.807, 2.05) is 18.2 Å². The van der Waals surface area contributed by atoms with E-state index in [-0.39, 0.29) is 0 Å². The molecule has 0 bridgehead atoms. The number of rotatable bonds is 6. The molecule has 19 heavy (non-hydrogen) atoms. The summed E-state index contributed by atoms with van der Waals surface area (Å²) in [4.78, 5) is 2.60. The zero-order valence-electron chi connectivity index (χ0n) is 11.9. The van der Waals surface area contributed by atoms with Crippen molar-refractivity contribution < 1.29 is 5.11 Å². The van der Waals surface area contributed by atoms with Crippen LogP contribution in [0.3, 0.4) is 0 Å². The average Bonchev–Trinajstić information content (AvgIpc) is 2.42. The Bertz CT molecular complexity index is 381. The van der Waals surface area contributed by atoms with Gasteiger partial charge in [0.1, 0.15) is 5.75 Å². The van der Waals surface area contributed by atoms with Crippen molar-refractivity contribution >= 4 is 0 Å². The van der Waals surface area contributed by atoms with Crippen LogP contribution in [0.15, 0.2) is 24.3 Å². The van der Waals surface area contributed by atoms with E-state index in [1.165, 1.54) is 38.8 Å². The third kappa shape index (κ3) is 4.51.